The van der Waals surface area contributed by atoms with Crippen LogP contribution in [-0.2, 0) is 18.4 Å². The van der Waals surface area contributed by atoms with Crippen molar-refractivity contribution in [1.82, 2.24) is 34.7 Å². The van der Waals surface area contributed by atoms with Gasteiger partial charge in [-0.2, -0.15) is 0 Å². The van der Waals surface area contributed by atoms with E-state index in [1.807, 2.05) is 28.9 Å². The SMILES string of the molecule is CCc1nc2c(C)cc(Br)nc2n1C1CCc2cc(-c3ccccc3-c3nnnn3C(c3ccccc3)(c3ccccc3)c3ccccc3)ccc21. The van der Waals surface area contributed by atoms with Gasteiger partial charge in [0.05, 0.1) is 6.04 Å². The van der Waals surface area contributed by atoms with Gasteiger partial charge in [0.25, 0.3) is 0 Å². The molecule has 0 radical (unpaired) electrons. The van der Waals surface area contributed by atoms with Gasteiger partial charge in [-0.3, -0.25) is 0 Å². The summed E-state index contributed by atoms with van der Waals surface area (Å²) in [5.41, 5.74) is 11.3. The van der Waals surface area contributed by atoms with Crippen molar-refractivity contribution in [1.29, 1.82) is 0 Å². The van der Waals surface area contributed by atoms with E-state index in [-0.39, 0.29) is 6.04 Å². The monoisotopic (exact) mass is 741 g/mol. The van der Waals surface area contributed by atoms with Crippen molar-refractivity contribution >= 4 is 27.1 Å². The summed E-state index contributed by atoms with van der Waals surface area (Å²) < 4.78 is 5.22. The summed E-state index contributed by atoms with van der Waals surface area (Å²) in [4.78, 5) is 9.96. The fourth-order valence-electron chi connectivity index (χ4n) is 8.24. The van der Waals surface area contributed by atoms with Crippen molar-refractivity contribution in [2.45, 2.75) is 44.7 Å². The molecule has 0 fully saturated rings. The van der Waals surface area contributed by atoms with Crippen LogP contribution in [0.2, 0.25) is 0 Å². The summed E-state index contributed by atoms with van der Waals surface area (Å²) in [5.74, 6) is 1.76. The number of hydrogen-bond acceptors (Lipinski definition) is 5. The molecule has 5 aromatic carbocycles. The van der Waals surface area contributed by atoms with E-state index >= 15 is 0 Å². The molecule has 254 valence electrons. The van der Waals surface area contributed by atoms with Crippen LogP contribution in [-0.4, -0.2) is 34.7 Å². The van der Waals surface area contributed by atoms with Crippen LogP contribution < -0.4 is 0 Å². The summed E-state index contributed by atoms with van der Waals surface area (Å²) in [6.07, 6.45) is 2.82. The quantitative estimate of drug-likeness (QED) is 0.115. The number of rotatable bonds is 8. The summed E-state index contributed by atoms with van der Waals surface area (Å²) >= 11 is 3.64. The van der Waals surface area contributed by atoms with Crippen LogP contribution in [0.1, 0.15) is 58.6 Å². The molecule has 0 spiro atoms. The average molecular weight is 743 g/mol. The minimum absolute atomic E-state index is 0.177. The zero-order valence-electron chi connectivity index (χ0n) is 29.0. The van der Waals surface area contributed by atoms with E-state index in [1.54, 1.807) is 0 Å². The minimum Gasteiger partial charge on any atom is -0.305 e. The lowest BCUT2D eigenvalue weighted by Gasteiger charge is -2.36. The maximum absolute atomic E-state index is 5.05. The smallest absolute Gasteiger partial charge is 0.184 e. The van der Waals surface area contributed by atoms with Gasteiger partial charge in [0.15, 0.2) is 11.5 Å². The Morgan fingerprint density at radius 1 is 0.731 bits per heavy atom. The Labute approximate surface area is 311 Å². The summed E-state index contributed by atoms with van der Waals surface area (Å²) in [5, 5.41) is 14.0. The maximum Gasteiger partial charge on any atom is 0.184 e. The molecule has 8 aromatic rings. The fourth-order valence-corrected chi connectivity index (χ4v) is 8.76. The molecule has 1 aliphatic rings. The van der Waals surface area contributed by atoms with Crippen LogP contribution in [0.15, 0.2) is 144 Å². The highest BCUT2D eigenvalue weighted by atomic mass is 79.9. The Balaban J connectivity index is 1.20. The van der Waals surface area contributed by atoms with E-state index in [0.29, 0.717) is 5.82 Å². The van der Waals surface area contributed by atoms with Gasteiger partial charge in [0.1, 0.15) is 21.5 Å². The summed E-state index contributed by atoms with van der Waals surface area (Å²) in [7, 11) is 0. The van der Waals surface area contributed by atoms with E-state index in [4.69, 9.17) is 20.3 Å². The first-order chi connectivity index (χ1) is 25.6. The second-order valence-corrected chi connectivity index (χ2v) is 14.2. The van der Waals surface area contributed by atoms with Crippen molar-refractivity contribution in [2.75, 3.05) is 0 Å². The van der Waals surface area contributed by atoms with Crippen LogP contribution in [0.4, 0.5) is 0 Å². The number of halogens is 1. The van der Waals surface area contributed by atoms with Gasteiger partial charge >= 0.3 is 0 Å². The number of tetrazole rings is 1. The van der Waals surface area contributed by atoms with Gasteiger partial charge in [-0.25, -0.2) is 14.6 Å². The number of aryl methyl sites for hydroxylation is 3. The molecule has 3 heterocycles. The number of nitrogens with zero attached hydrogens (tertiary/aromatic N) is 7. The van der Waals surface area contributed by atoms with Gasteiger partial charge in [-0.05, 0) is 96.7 Å². The lowest BCUT2D eigenvalue weighted by atomic mass is 9.77. The molecule has 3 aromatic heterocycles. The Hall–Kier alpha value is -5.73. The summed E-state index contributed by atoms with van der Waals surface area (Å²) in [6, 6.07) is 49.2. The zero-order chi connectivity index (χ0) is 35.2. The van der Waals surface area contributed by atoms with E-state index < -0.39 is 5.54 Å². The molecular weight excluding hydrogens is 706 g/mol. The lowest BCUT2D eigenvalue weighted by Crippen LogP contribution is -2.39. The van der Waals surface area contributed by atoms with Crippen molar-refractivity contribution < 1.29 is 0 Å². The van der Waals surface area contributed by atoms with Crippen LogP contribution in [0.5, 0.6) is 0 Å². The number of pyridine rings is 1. The molecule has 0 saturated heterocycles. The van der Waals surface area contributed by atoms with E-state index in [0.717, 1.165) is 79.8 Å². The molecule has 0 bridgehead atoms. The highest BCUT2D eigenvalue weighted by molar-refractivity contribution is 9.10. The molecule has 8 heteroatoms. The third kappa shape index (κ3) is 5.12. The third-order valence-electron chi connectivity index (χ3n) is 10.5. The number of benzene rings is 5. The second-order valence-electron chi connectivity index (χ2n) is 13.4. The largest absolute Gasteiger partial charge is 0.305 e. The van der Waals surface area contributed by atoms with Gasteiger partial charge in [-0.1, -0.05) is 140 Å². The number of aromatic nitrogens is 7. The Morgan fingerprint density at radius 3 is 1.98 bits per heavy atom. The maximum atomic E-state index is 5.05. The topological polar surface area (TPSA) is 74.3 Å². The van der Waals surface area contributed by atoms with Crippen molar-refractivity contribution in [2.24, 2.45) is 0 Å². The molecule has 9 rings (SSSR count). The molecule has 1 aliphatic carbocycles. The zero-order valence-corrected chi connectivity index (χ0v) is 30.6. The predicted molar refractivity (Wildman–Crippen MR) is 209 cm³/mol. The van der Waals surface area contributed by atoms with Crippen LogP contribution in [0.3, 0.4) is 0 Å². The van der Waals surface area contributed by atoms with E-state index in [2.05, 4.69) is 155 Å². The lowest BCUT2D eigenvalue weighted by molar-refractivity contribution is 0.451. The third-order valence-corrected chi connectivity index (χ3v) is 10.9. The molecule has 0 amide bonds. The second kappa shape index (κ2) is 13.1. The Kier molecular flexibility index (Phi) is 8.12. The number of fused-ring (bicyclic) bond motifs is 2. The molecule has 0 N–H and O–H groups in total. The molecule has 0 aliphatic heterocycles. The Morgan fingerprint density at radius 2 is 1.35 bits per heavy atom. The summed E-state index contributed by atoms with van der Waals surface area (Å²) in [6.45, 7) is 4.28. The first-order valence-corrected chi connectivity index (χ1v) is 18.6. The van der Waals surface area contributed by atoms with Crippen LogP contribution in [0.25, 0.3) is 33.7 Å². The van der Waals surface area contributed by atoms with Gasteiger partial charge in [0, 0.05) is 12.0 Å². The minimum atomic E-state index is -0.840. The van der Waals surface area contributed by atoms with Crippen LogP contribution >= 0.6 is 15.9 Å². The average Bonchev–Trinajstić information content (AvgIpc) is 3.94. The van der Waals surface area contributed by atoms with Gasteiger partial charge in [0.2, 0.25) is 0 Å². The molecule has 52 heavy (non-hydrogen) atoms. The standard InChI is InChI=1S/C44H36BrN7/c1-3-40-47-41-29(2)27-39(45)46-43(41)51(40)38-26-24-31-28-30(23-25-36(31)38)35-21-13-14-22-37(35)42-48-49-50-52(42)44(32-15-7-4-8-16-32,33-17-9-5-10-18-33)34-19-11-6-12-20-34/h4-23,25,27-28,38H,3,24,26H2,1-2H3. The highest BCUT2D eigenvalue weighted by Gasteiger charge is 2.42. The van der Waals surface area contributed by atoms with Crippen molar-refractivity contribution in [3.8, 4) is 22.5 Å². The number of imidazole rings is 1. The van der Waals surface area contributed by atoms with Crippen LogP contribution in [0, 0.1) is 6.92 Å². The first-order valence-electron chi connectivity index (χ1n) is 17.8. The molecule has 1 atom stereocenters. The molecule has 7 nitrogen and oxygen atoms in total. The van der Waals surface area contributed by atoms with Crippen molar-refractivity contribution in [3.63, 3.8) is 0 Å². The van der Waals surface area contributed by atoms with Gasteiger partial charge in [-0.15, -0.1) is 5.10 Å². The normalized spacial score (nSPS) is 14.2. The molecular formula is C44H36BrN7. The van der Waals surface area contributed by atoms with Gasteiger partial charge < -0.3 is 4.57 Å². The predicted octanol–water partition coefficient (Wildman–Crippen LogP) is 9.76. The van der Waals surface area contributed by atoms with Crippen molar-refractivity contribution in [3.05, 3.63) is 183 Å². The highest BCUT2D eigenvalue weighted by Crippen LogP contribution is 2.45. The molecule has 1 unspecified atom stereocenters. The van der Waals surface area contributed by atoms with E-state index in [1.165, 1.54) is 11.1 Å². The fraction of sp³-hybridized carbons (Fsp3) is 0.159. The first kappa shape index (κ1) is 32.2. The number of hydrogen-bond donors (Lipinski definition) is 0. The van der Waals surface area contributed by atoms with E-state index in [9.17, 15) is 0 Å². The Bertz CT molecular complexity index is 2450. The molecule has 0 saturated carbocycles.